The first-order valence-electron chi connectivity index (χ1n) is 11.2. The lowest BCUT2D eigenvalue weighted by Crippen LogP contribution is -2.35. The van der Waals surface area contributed by atoms with Gasteiger partial charge in [-0.2, -0.15) is 4.31 Å². The third-order valence-corrected chi connectivity index (χ3v) is 7.46. The van der Waals surface area contributed by atoms with Crippen LogP contribution in [0.2, 0.25) is 0 Å². The van der Waals surface area contributed by atoms with E-state index in [1.54, 1.807) is 31.2 Å². The van der Waals surface area contributed by atoms with Gasteiger partial charge in [-0.1, -0.05) is 49.4 Å². The smallest absolute Gasteiger partial charge is 0.271 e. The lowest BCUT2D eigenvalue weighted by molar-refractivity contribution is -0.113. The van der Waals surface area contributed by atoms with Crippen molar-refractivity contribution in [1.29, 1.82) is 0 Å². The maximum Gasteiger partial charge on any atom is 0.271 e. The molecule has 178 valence electrons. The fourth-order valence-corrected chi connectivity index (χ4v) is 5.34. The number of amides is 1. The number of fused-ring (bicyclic) bond motifs is 1. The zero-order valence-electron chi connectivity index (χ0n) is 19.7. The van der Waals surface area contributed by atoms with Crippen LogP contribution in [0.1, 0.15) is 41.1 Å². The van der Waals surface area contributed by atoms with E-state index in [4.69, 9.17) is 4.42 Å². The van der Waals surface area contributed by atoms with E-state index in [1.165, 1.54) is 37.3 Å². The molecule has 0 unspecified atom stereocenters. The molecule has 0 saturated heterocycles. The number of furan rings is 1. The Morgan fingerprint density at radius 3 is 2.29 bits per heavy atom. The van der Waals surface area contributed by atoms with Gasteiger partial charge in [0, 0.05) is 11.5 Å². The molecular formula is C28H25NO5S. The highest BCUT2D eigenvalue weighted by atomic mass is 32.2. The van der Waals surface area contributed by atoms with Crippen LogP contribution in [0.3, 0.4) is 0 Å². The van der Waals surface area contributed by atoms with E-state index in [0.717, 1.165) is 21.9 Å². The molecule has 4 rings (SSSR count). The van der Waals surface area contributed by atoms with E-state index in [2.05, 4.69) is 0 Å². The summed E-state index contributed by atoms with van der Waals surface area (Å²) < 4.78 is 33.9. The van der Waals surface area contributed by atoms with Gasteiger partial charge < -0.3 is 4.42 Å². The van der Waals surface area contributed by atoms with E-state index in [-0.39, 0.29) is 16.4 Å². The van der Waals surface area contributed by atoms with Gasteiger partial charge in [0.2, 0.25) is 0 Å². The number of anilines is 1. The van der Waals surface area contributed by atoms with Crippen LogP contribution in [-0.4, -0.2) is 20.1 Å². The van der Waals surface area contributed by atoms with E-state index in [1.807, 2.05) is 37.3 Å². The molecule has 1 amide bonds. The molecule has 0 aliphatic heterocycles. The molecule has 1 heterocycles. The standard InChI is InChI=1S/C28H25NO5S/c1-4-21-10-14-24(15-11-21)35(32,33)29(27(31)17-12-22-8-6-5-7-9-22)23-13-16-26-25(18-23)28(19(2)30)20(3)34-26/h5-18H,4H2,1-3H3. The van der Waals surface area contributed by atoms with Gasteiger partial charge in [-0.25, -0.2) is 8.42 Å². The lowest BCUT2D eigenvalue weighted by atomic mass is 10.1. The maximum absolute atomic E-state index is 13.7. The summed E-state index contributed by atoms with van der Waals surface area (Å²) in [5, 5.41) is 0.453. The molecule has 0 N–H and O–H groups in total. The second kappa shape index (κ2) is 9.72. The van der Waals surface area contributed by atoms with E-state index >= 15 is 0 Å². The fourth-order valence-electron chi connectivity index (χ4n) is 3.96. The molecule has 0 spiro atoms. The molecule has 3 aromatic carbocycles. The Hall–Kier alpha value is -3.97. The SMILES string of the molecule is CCc1ccc(S(=O)(=O)N(C(=O)C=Cc2ccccc2)c2ccc3oc(C)c(C(C)=O)c3c2)cc1. The van der Waals surface area contributed by atoms with Crippen LogP contribution in [0, 0.1) is 6.92 Å². The molecule has 0 atom stereocenters. The Kier molecular flexibility index (Phi) is 6.71. The Morgan fingerprint density at radius 1 is 0.971 bits per heavy atom. The topological polar surface area (TPSA) is 84.7 Å². The van der Waals surface area contributed by atoms with Gasteiger partial charge in [0.05, 0.1) is 16.1 Å². The van der Waals surface area contributed by atoms with Crippen LogP contribution in [0.15, 0.2) is 88.2 Å². The van der Waals surface area contributed by atoms with Crippen molar-refractivity contribution in [2.45, 2.75) is 32.1 Å². The van der Waals surface area contributed by atoms with E-state index in [0.29, 0.717) is 22.3 Å². The third-order valence-electron chi connectivity index (χ3n) is 5.72. The molecule has 35 heavy (non-hydrogen) atoms. The van der Waals surface area contributed by atoms with Crippen molar-refractivity contribution in [2.24, 2.45) is 0 Å². The Balaban J connectivity index is 1.87. The fraction of sp³-hybridized carbons (Fsp3) is 0.143. The van der Waals surface area contributed by atoms with Crippen LogP contribution in [0.5, 0.6) is 0 Å². The Bertz CT molecular complexity index is 1530. The summed E-state index contributed by atoms with van der Waals surface area (Å²) in [6.45, 7) is 5.07. The van der Waals surface area contributed by atoms with Crippen molar-refractivity contribution < 1.29 is 22.4 Å². The van der Waals surface area contributed by atoms with Crippen LogP contribution >= 0.6 is 0 Å². The molecule has 0 aliphatic carbocycles. The molecule has 0 bridgehead atoms. The number of carbonyl (C=O) groups is 2. The molecule has 7 heteroatoms. The number of nitrogens with zero attached hydrogens (tertiary/aromatic N) is 1. The quantitative estimate of drug-likeness (QED) is 0.238. The highest BCUT2D eigenvalue weighted by molar-refractivity contribution is 7.93. The highest BCUT2D eigenvalue weighted by Gasteiger charge is 2.30. The van der Waals surface area contributed by atoms with Crippen LogP contribution < -0.4 is 4.31 Å². The highest BCUT2D eigenvalue weighted by Crippen LogP contribution is 2.32. The molecule has 0 aliphatic rings. The second-order valence-corrected chi connectivity index (χ2v) is 9.91. The molecule has 0 radical (unpaired) electrons. The maximum atomic E-state index is 13.7. The van der Waals surface area contributed by atoms with Gasteiger partial charge >= 0.3 is 0 Å². The summed E-state index contributed by atoms with van der Waals surface area (Å²) in [7, 11) is -4.26. The van der Waals surface area contributed by atoms with Crippen LogP contribution in [0.25, 0.3) is 17.0 Å². The average Bonchev–Trinajstić information content (AvgIpc) is 3.18. The first kappa shape index (κ1) is 24.2. The number of benzene rings is 3. The number of sulfonamides is 1. The van der Waals surface area contributed by atoms with Crippen LogP contribution in [-0.2, 0) is 21.2 Å². The number of hydrogen-bond acceptors (Lipinski definition) is 5. The lowest BCUT2D eigenvalue weighted by Gasteiger charge is -2.21. The molecule has 6 nitrogen and oxygen atoms in total. The van der Waals surface area contributed by atoms with Gasteiger partial charge in [-0.05, 0) is 67.8 Å². The van der Waals surface area contributed by atoms with Crippen molar-refractivity contribution in [3.63, 3.8) is 0 Å². The third kappa shape index (κ3) is 4.81. The number of carbonyl (C=O) groups excluding carboxylic acids is 2. The molecule has 0 fully saturated rings. The number of ketones is 1. The number of aryl methyl sites for hydroxylation is 2. The summed E-state index contributed by atoms with van der Waals surface area (Å²) >= 11 is 0. The van der Waals surface area contributed by atoms with E-state index in [9.17, 15) is 18.0 Å². The monoisotopic (exact) mass is 487 g/mol. The zero-order chi connectivity index (χ0) is 25.2. The summed E-state index contributed by atoms with van der Waals surface area (Å²) in [5.41, 5.74) is 2.65. The minimum atomic E-state index is -4.26. The summed E-state index contributed by atoms with van der Waals surface area (Å²) in [6.07, 6.45) is 3.55. The largest absolute Gasteiger partial charge is 0.461 e. The number of hydrogen-bond donors (Lipinski definition) is 0. The van der Waals surface area contributed by atoms with Crippen LogP contribution in [0.4, 0.5) is 5.69 Å². The zero-order valence-corrected chi connectivity index (χ0v) is 20.5. The van der Waals surface area contributed by atoms with Crippen molar-refractivity contribution in [2.75, 3.05) is 4.31 Å². The van der Waals surface area contributed by atoms with Gasteiger partial charge in [0.1, 0.15) is 11.3 Å². The Morgan fingerprint density at radius 2 is 1.66 bits per heavy atom. The minimum Gasteiger partial charge on any atom is -0.461 e. The van der Waals surface area contributed by atoms with Gasteiger partial charge in [-0.3, -0.25) is 9.59 Å². The van der Waals surface area contributed by atoms with Crippen molar-refractivity contribution in [3.05, 3.63) is 101 Å². The van der Waals surface area contributed by atoms with Crippen molar-refractivity contribution in [3.8, 4) is 0 Å². The number of rotatable bonds is 7. The van der Waals surface area contributed by atoms with Gasteiger partial charge in [-0.15, -0.1) is 0 Å². The predicted molar refractivity (Wildman–Crippen MR) is 137 cm³/mol. The predicted octanol–water partition coefficient (Wildman–Crippen LogP) is 5.94. The molecule has 1 aromatic heterocycles. The molecular weight excluding hydrogens is 462 g/mol. The first-order valence-corrected chi connectivity index (χ1v) is 12.6. The molecule has 0 saturated carbocycles. The van der Waals surface area contributed by atoms with E-state index < -0.39 is 15.9 Å². The normalized spacial score (nSPS) is 11.7. The minimum absolute atomic E-state index is 0.00794. The molecule has 4 aromatic rings. The van der Waals surface area contributed by atoms with Gasteiger partial charge in [0.25, 0.3) is 15.9 Å². The Labute approximate surface area is 204 Å². The average molecular weight is 488 g/mol. The second-order valence-electron chi connectivity index (χ2n) is 8.12. The summed E-state index contributed by atoms with van der Waals surface area (Å²) in [5.74, 6) is -0.514. The summed E-state index contributed by atoms with van der Waals surface area (Å²) in [6, 6.07) is 20.2. The number of Topliss-reactive ketones (excluding diaryl/α,β-unsaturated/α-hetero) is 1. The van der Waals surface area contributed by atoms with Crippen molar-refractivity contribution in [1.82, 2.24) is 0 Å². The summed E-state index contributed by atoms with van der Waals surface area (Å²) in [4.78, 5) is 25.6. The van der Waals surface area contributed by atoms with Gasteiger partial charge in [0.15, 0.2) is 5.78 Å². The first-order chi connectivity index (χ1) is 16.7. The van der Waals surface area contributed by atoms with Crippen molar-refractivity contribution >= 4 is 44.4 Å².